The minimum Gasteiger partial charge on any atom is -0.384 e. The van der Waals surface area contributed by atoms with Crippen molar-refractivity contribution in [3.63, 3.8) is 0 Å². The van der Waals surface area contributed by atoms with Gasteiger partial charge in [-0.1, -0.05) is 37.3 Å². The van der Waals surface area contributed by atoms with Gasteiger partial charge in [-0.05, 0) is 29.3 Å². The van der Waals surface area contributed by atoms with Crippen molar-refractivity contribution in [2.75, 3.05) is 11.5 Å². The van der Waals surface area contributed by atoms with Crippen LogP contribution in [0.25, 0.3) is 10.8 Å². The van der Waals surface area contributed by atoms with E-state index < -0.39 is 11.2 Å². The van der Waals surface area contributed by atoms with Gasteiger partial charge in [-0.15, -0.1) is 11.8 Å². The molecule has 27 heavy (non-hydrogen) atoms. The van der Waals surface area contributed by atoms with Crippen molar-refractivity contribution in [3.8, 4) is 0 Å². The average Bonchev–Trinajstić information content (AvgIpc) is 2.68. The number of carbonyl (C=O) groups excluding carboxylic acids is 1. The molecule has 0 aliphatic carbocycles. The van der Waals surface area contributed by atoms with Gasteiger partial charge in [0, 0.05) is 18.5 Å². The number of nitrogen functional groups attached to an aromatic ring is 1. The largest absolute Gasteiger partial charge is 0.384 e. The molecule has 6 nitrogen and oxygen atoms in total. The van der Waals surface area contributed by atoms with Crippen LogP contribution in [0.5, 0.6) is 0 Å². The molecule has 0 fully saturated rings. The molecule has 0 amide bonds. The molecule has 0 bridgehead atoms. The number of nitrogens with zero attached hydrogens (tertiary/aromatic N) is 2. The topological polar surface area (TPSA) is 87.1 Å². The molecule has 140 valence electrons. The molecule has 0 spiro atoms. The maximum atomic E-state index is 12.7. The summed E-state index contributed by atoms with van der Waals surface area (Å²) in [5.41, 5.74) is 4.75. The summed E-state index contributed by atoms with van der Waals surface area (Å²) in [6, 6.07) is 13.9. The van der Waals surface area contributed by atoms with E-state index in [4.69, 9.17) is 5.73 Å². The molecule has 7 heteroatoms. The summed E-state index contributed by atoms with van der Waals surface area (Å²) in [5, 5.41) is 2.21. The van der Waals surface area contributed by atoms with Crippen molar-refractivity contribution in [3.05, 3.63) is 68.9 Å². The lowest BCUT2D eigenvalue weighted by atomic mass is 10.1. The molecule has 0 saturated heterocycles. The zero-order valence-electron chi connectivity index (χ0n) is 15.3. The molecule has 0 saturated carbocycles. The normalized spacial score (nSPS) is 11.0. The molecule has 1 aromatic heterocycles. The first-order valence-corrected chi connectivity index (χ1v) is 9.66. The third-order valence-electron chi connectivity index (χ3n) is 4.40. The summed E-state index contributed by atoms with van der Waals surface area (Å²) in [6.07, 6.45) is 0.668. The van der Waals surface area contributed by atoms with Crippen LogP contribution in [-0.4, -0.2) is 20.7 Å². The van der Waals surface area contributed by atoms with Gasteiger partial charge in [-0.2, -0.15) is 0 Å². The number of thioether (sulfide) groups is 1. The van der Waals surface area contributed by atoms with Crippen molar-refractivity contribution in [2.24, 2.45) is 7.05 Å². The lowest BCUT2D eigenvalue weighted by molar-refractivity contribution is 0.102. The standard InChI is InChI=1S/C20H21N3O3S/c1-3-10-23-18(21)17(19(25)22(2)20(23)26)16(24)12-27-15-9-8-13-6-4-5-7-14(13)11-15/h4-9,11H,3,10,12,21H2,1-2H3. The number of anilines is 1. The van der Waals surface area contributed by atoms with Crippen molar-refractivity contribution >= 4 is 34.1 Å². The zero-order chi connectivity index (χ0) is 19.6. The number of Topliss-reactive ketones (excluding diaryl/α,β-unsaturated/α-hetero) is 1. The molecule has 0 radical (unpaired) electrons. The van der Waals surface area contributed by atoms with Crippen LogP contribution < -0.4 is 17.0 Å². The van der Waals surface area contributed by atoms with E-state index in [9.17, 15) is 14.4 Å². The Labute approximate surface area is 160 Å². The summed E-state index contributed by atoms with van der Waals surface area (Å²) in [7, 11) is 1.36. The van der Waals surface area contributed by atoms with Gasteiger partial charge in [0.1, 0.15) is 11.4 Å². The molecule has 2 aromatic carbocycles. The van der Waals surface area contributed by atoms with Gasteiger partial charge in [0.25, 0.3) is 5.56 Å². The van der Waals surface area contributed by atoms with Crippen LogP contribution in [-0.2, 0) is 13.6 Å². The van der Waals surface area contributed by atoms with E-state index in [0.717, 1.165) is 20.2 Å². The van der Waals surface area contributed by atoms with Crippen LogP contribution >= 0.6 is 11.8 Å². The number of fused-ring (bicyclic) bond motifs is 1. The third-order valence-corrected chi connectivity index (χ3v) is 5.39. The van der Waals surface area contributed by atoms with Crippen molar-refractivity contribution in [2.45, 2.75) is 24.8 Å². The first-order chi connectivity index (χ1) is 12.9. The highest BCUT2D eigenvalue weighted by Gasteiger charge is 2.21. The summed E-state index contributed by atoms with van der Waals surface area (Å²) < 4.78 is 2.23. The second-order valence-corrected chi connectivity index (χ2v) is 7.33. The lowest BCUT2D eigenvalue weighted by Gasteiger charge is -2.13. The quantitative estimate of drug-likeness (QED) is 0.522. The summed E-state index contributed by atoms with van der Waals surface area (Å²) in [6.45, 7) is 2.25. The van der Waals surface area contributed by atoms with Crippen LogP contribution in [0.1, 0.15) is 23.7 Å². The van der Waals surface area contributed by atoms with Crippen LogP contribution in [0.4, 0.5) is 5.82 Å². The number of ketones is 1. The lowest BCUT2D eigenvalue weighted by Crippen LogP contribution is -2.42. The summed E-state index contributed by atoms with van der Waals surface area (Å²) in [4.78, 5) is 38.3. The van der Waals surface area contributed by atoms with Gasteiger partial charge in [0.05, 0.1) is 5.75 Å². The van der Waals surface area contributed by atoms with E-state index in [0.29, 0.717) is 13.0 Å². The molecule has 0 aliphatic heterocycles. The predicted molar refractivity (Wildman–Crippen MR) is 110 cm³/mol. The van der Waals surface area contributed by atoms with Crippen molar-refractivity contribution in [1.29, 1.82) is 0 Å². The van der Waals surface area contributed by atoms with Gasteiger partial charge in [0.15, 0.2) is 5.78 Å². The number of hydrogen-bond acceptors (Lipinski definition) is 5. The Hall–Kier alpha value is -2.80. The van der Waals surface area contributed by atoms with E-state index in [1.807, 2.05) is 49.4 Å². The minimum atomic E-state index is -0.644. The third kappa shape index (κ3) is 3.68. The first kappa shape index (κ1) is 19.0. The van der Waals surface area contributed by atoms with Gasteiger partial charge < -0.3 is 5.73 Å². The molecule has 2 N–H and O–H groups in total. The predicted octanol–water partition coefficient (Wildman–Crippen LogP) is 2.67. The van der Waals surface area contributed by atoms with Crippen LogP contribution in [0, 0.1) is 0 Å². The molecule has 0 atom stereocenters. The van der Waals surface area contributed by atoms with Gasteiger partial charge in [0.2, 0.25) is 0 Å². The van der Waals surface area contributed by atoms with Gasteiger partial charge >= 0.3 is 5.69 Å². The number of hydrogen-bond donors (Lipinski definition) is 1. The van der Waals surface area contributed by atoms with Gasteiger partial charge in [-0.25, -0.2) is 4.79 Å². The van der Waals surface area contributed by atoms with E-state index in [1.54, 1.807) is 0 Å². The number of carbonyl (C=O) groups is 1. The Morgan fingerprint density at radius 3 is 2.52 bits per heavy atom. The highest BCUT2D eigenvalue weighted by molar-refractivity contribution is 8.00. The highest BCUT2D eigenvalue weighted by Crippen LogP contribution is 2.24. The van der Waals surface area contributed by atoms with Crippen LogP contribution in [0.3, 0.4) is 0 Å². The van der Waals surface area contributed by atoms with Crippen LogP contribution in [0.15, 0.2) is 56.9 Å². The number of rotatable bonds is 6. The fourth-order valence-electron chi connectivity index (χ4n) is 2.96. The average molecular weight is 383 g/mol. The molecular formula is C20H21N3O3S. The smallest absolute Gasteiger partial charge is 0.332 e. The van der Waals surface area contributed by atoms with Crippen molar-refractivity contribution in [1.82, 2.24) is 9.13 Å². The fraction of sp³-hybridized carbons (Fsp3) is 0.250. The Balaban J connectivity index is 1.89. The molecule has 1 heterocycles. The van der Waals surface area contributed by atoms with E-state index in [-0.39, 0.29) is 22.9 Å². The molecule has 0 unspecified atom stereocenters. The van der Waals surface area contributed by atoms with E-state index in [1.165, 1.54) is 23.4 Å². The minimum absolute atomic E-state index is 0.0472. The Morgan fingerprint density at radius 1 is 1.11 bits per heavy atom. The van der Waals surface area contributed by atoms with Gasteiger partial charge in [-0.3, -0.25) is 18.7 Å². The molecule has 3 rings (SSSR count). The second kappa shape index (κ2) is 7.84. The number of benzene rings is 2. The van der Waals surface area contributed by atoms with E-state index in [2.05, 4.69) is 0 Å². The van der Waals surface area contributed by atoms with E-state index >= 15 is 0 Å². The molecule has 0 aliphatic rings. The monoisotopic (exact) mass is 383 g/mol. The highest BCUT2D eigenvalue weighted by atomic mass is 32.2. The van der Waals surface area contributed by atoms with Crippen LogP contribution in [0.2, 0.25) is 0 Å². The Kier molecular flexibility index (Phi) is 5.51. The first-order valence-electron chi connectivity index (χ1n) is 8.68. The SMILES string of the molecule is CCCn1c(N)c(C(=O)CSc2ccc3ccccc3c2)c(=O)n(C)c1=O. The Bertz CT molecular complexity index is 1130. The second-order valence-electron chi connectivity index (χ2n) is 6.28. The fourth-order valence-corrected chi connectivity index (χ4v) is 3.78. The molecular weight excluding hydrogens is 362 g/mol. The molecule has 3 aromatic rings. The number of nitrogens with two attached hydrogens (primary N) is 1. The zero-order valence-corrected chi connectivity index (χ0v) is 16.1. The number of aromatic nitrogens is 2. The van der Waals surface area contributed by atoms with Crippen molar-refractivity contribution < 1.29 is 4.79 Å². The maximum Gasteiger partial charge on any atom is 0.332 e. The maximum absolute atomic E-state index is 12.7. The Morgan fingerprint density at radius 2 is 1.81 bits per heavy atom. The summed E-state index contributed by atoms with van der Waals surface area (Å²) in [5.74, 6) is -0.354. The summed E-state index contributed by atoms with van der Waals surface area (Å²) >= 11 is 1.34.